The zero-order chi connectivity index (χ0) is 18.2. The Bertz CT molecular complexity index is 562. The lowest BCUT2D eigenvalue weighted by Gasteiger charge is -2.29. The third-order valence-corrected chi connectivity index (χ3v) is 4.21. The summed E-state index contributed by atoms with van der Waals surface area (Å²) in [5.74, 6) is 0.396. The molecule has 2 rings (SSSR count). The molecule has 1 atom stereocenters. The van der Waals surface area contributed by atoms with Crippen LogP contribution in [-0.4, -0.2) is 54.0 Å². The second kappa shape index (κ2) is 9.42. The van der Waals surface area contributed by atoms with Crippen molar-refractivity contribution in [3.05, 3.63) is 36.8 Å². The van der Waals surface area contributed by atoms with Crippen LogP contribution in [0.4, 0.5) is 0 Å². The Morgan fingerprint density at radius 1 is 1.40 bits per heavy atom. The molecule has 0 N–H and O–H groups in total. The molecule has 0 aromatic carbocycles. The molecule has 1 aromatic heterocycles. The van der Waals surface area contributed by atoms with Crippen molar-refractivity contribution >= 4 is 11.8 Å². The number of hydrogen-bond acceptors (Lipinski definition) is 4. The molecule has 0 radical (unpaired) electrons. The smallest absolute Gasteiger partial charge is 0.242 e. The minimum Gasteiger partial charge on any atom is -0.467 e. The van der Waals surface area contributed by atoms with Crippen molar-refractivity contribution in [2.75, 3.05) is 26.2 Å². The zero-order valence-electron chi connectivity index (χ0n) is 15.1. The Labute approximate surface area is 149 Å². The maximum absolute atomic E-state index is 12.9. The quantitative estimate of drug-likeness (QED) is 0.643. The highest BCUT2D eigenvalue weighted by Crippen LogP contribution is 2.16. The van der Waals surface area contributed by atoms with Gasteiger partial charge in [0.1, 0.15) is 12.3 Å². The van der Waals surface area contributed by atoms with Gasteiger partial charge in [0.15, 0.2) is 0 Å². The fourth-order valence-electron chi connectivity index (χ4n) is 2.90. The first-order chi connectivity index (χ1) is 12.0. The lowest BCUT2D eigenvalue weighted by atomic mass is 10.2. The first-order valence-corrected chi connectivity index (χ1v) is 8.82. The van der Waals surface area contributed by atoms with Crippen LogP contribution in [0.1, 0.15) is 32.4 Å². The van der Waals surface area contributed by atoms with Crippen molar-refractivity contribution in [2.24, 2.45) is 5.92 Å². The van der Waals surface area contributed by atoms with Crippen LogP contribution in [-0.2, 0) is 20.9 Å². The number of amides is 2. The number of rotatable bonds is 9. The molecular formula is C19H28N2O4. The fraction of sp³-hybridized carbons (Fsp3) is 0.579. The van der Waals surface area contributed by atoms with Gasteiger partial charge in [0.05, 0.1) is 18.9 Å². The van der Waals surface area contributed by atoms with E-state index in [1.807, 2.05) is 19.9 Å². The summed E-state index contributed by atoms with van der Waals surface area (Å²) >= 11 is 0. The molecule has 1 aliphatic rings. The Balaban J connectivity index is 2.06. The van der Waals surface area contributed by atoms with Crippen LogP contribution in [0.3, 0.4) is 0 Å². The van der Waals surface area contributed by atoms with Crippen molar-refractivity contribution in [1.29, 1.82) is 0 Å². The molecule has 1 fully saturated rings. The van der Waals surface area contributed by atoms with E-state index in [4.69, 9.17) is 9.15 Å². The van der Waals surface area contributed by atoms with Crippen molar-refractivity contribution < 1.29 is 18.7 Å². The molecule has 6 heteroatoms. The summed E-state index contributed by atoms with van der Waals surface area (Å²) in [6.45, 7) is 9.37. The van der Waals surface area contributed by atoms with Crippen LogP contribution < -0.4 is 0 Å². The van der Waals surface area contributed by atoms with Gasteiger partial charge in [-0.15, -0.1) is 6.58 Å². The largest absolute Gasteiger partial charge is 0.467 e. The van der Waals surface area contributed by atoms with Crippen LogP contribution >= 0.6 is 0 Å². The lowest BCUT2D eigenvalue weighted by molar-refractivity contribution is -0.143. The Morgan fingerprint density at radius 2 is 2.20 bits per heavy atom. The fourth-order valence-corrected chi connectivity index (χ4v) is 2.90. The van der Waals surface area contributed by atoms with Gasteiger partial charge < -0.3 is 19.0 Å². The zero-order valence-corrected chi connectivity index (χ0v) is 15.1. The first-order valence-electron chi connectivity index (χ1n) is 8.82. The molecule has 0 spiro atoms. The molecule has 138 valence electrons. The molecule has 1 aliphatic heterocycles. The Kier molecular flexibility index (Phi) is 7.25. The molecule has 0 saturated carbocycles. The van der Waals surface area contributed by atoms with E-state index >= 15 is 0 Å². The van der Waals surface area contributed by atoms with Crippen LogP contribution in [0.15, 0.2) is 35.5 Å². The first kappa shape index (κ1) is 19.2. The van der Waals surface area contributed by atoms with Gasteiger partial charge in [-0.05, 0) is 25.0 Å². The summed E-state index contributed by atoms with van der Waals surface area (Å²) < 4.78 is 11.1. The maximum atomic E-state index is 12.9. The van der Waals surface area contributed by atoms with E-state index in [0.29, 0.717) is 19.6 Å². The van der Waals surface area contributed by atoms with E-state index in [-0.39, 0.29) is 30.4 Å². The monoisotopic (exact) mass is 348 g/mol. The van der Waals surface area contributed by atoms with Gasteiger partial charge in [-0.25, -0.2) is 0 Å². The summed E-state index contributed by atoms with van der Waals surface area (Å²) in [6.07, 6.45) is 5.25. The number of ether oxygens (including phenoxy) is 1. The predicted octanol–water partition coefficient (Wildman–Crippen LogP) is 2.46. The average molecular weight is 348 g/mol. The number of hydrogen-bond donors (Lipinski definition) is 0. The van der Waals surface area contributed by atoms with E-state index < -0.39 is 0 Å². The minimum absolute atomic E-state index is 0.0382. The van der Waals surface area contributed by atoms with Crippen molar-refractivity contribution in [1.82, 2.24) is 9.80 Å². The van der Waals surface area contributed by atoms with Crippen LogP contribution in [0.2, 0.25) is 0 Å². The third kappa shape index (κ3) is 5.74. The molecule has 2 heterocycles. The SMILES string of the molecule is C=CCN(CC(=O)N(Cc1ccco1)C[C@@H]1CCCO1)C(=O)C(C)C. The summed E-state index contributed by atoms with van der Waals surface area (Å²) in [6, 6.07) is 3.65. The van der Waals surface area contributed by atoms with Crippen molar-refractivity contribution in [2.45, 2.75) is 39.3 Å². The van der Waals surface area contributed by atoms with Gasteiger partial charge >= 0.3 is 0 Å². The highest BCUT2D eigenvalue weighted by molar-refractivity contribution is 5.85. The van der Waals surface area contributed by atoms with Crippen LogP contribution in [0.5, 0.6) is 0 Å². The minimum atomic E-state index is -0.163. The van der Waals surface area contributed by atoms with E-state index in [0.717, 1.165) is 25.2 Å². The average Bonchev–Trinajstić information content (AvgIpc) is 3.26. The number of carbonyl (C=O) groups excluding carboxylic acids is 2. The molecular weight excluding hydrogens is 320 g/mol. The molecule has 0 aliphatic carbocycles. The van der Waals surface area contributed by atoms with E-state index in [2.05, 4.69) is 6.58 Å². The van der Waals surface area contributed by atoms with Gasteiger partial charge in [0, 0.05) is 25.6 Å². The standard InChI is InChI=1S/C19H28N2O4/c1-4-9-20(19(23)15(2)3)14-18(22)21(12-16-7-5-10-24-16)13-17-8-6-11-25-17/h4-5,7,10,15,17H,1,6,8-9,11-14H2,2-3H3/t17-/m0/s1. The normalized spacial score (nSPS) is 16.8. The summed E-state index contributed by atoms with van der Waals surface area (Å²) in [7, 11) is 0. The summed E-state index contributed by atoms with van der Waals surface area (Å²) in [4.78, 5) is 28.5. The molecule has 0 bridgehead atoms. The Hall–Kier alpha value is -2.08. The molecule has 6 nitrogen and oxygen atoms in total. The predicted molar refractivity (Wildman–Crippen MR) is 94.7 cm³/mol. The van der Waals surface area contributed by atoms with Gasteiger partial charge in [-0.3, -0.25) is 9.59 Å². The van der Waals surface area contributed by atoms with E-state index in [1.165, 1.54) is 0 Å². The molecule has 25 heavy (non-hydrogen) atoms. The number of carbonyl (C=O) groups is 2. The molecule has 2 amide bonds. The van der Waals surface area contributed by atoms with Crippen LogP contribution in [0.25, 0.3) is 0 Å². The maximum Gasteiger partial charge on any atom is 0.242 e. The number of nitrogens with zero attached hydrogens (tertiary/aromatic N) is 2. The topological polar surface area (TPSA) is 63.0 Å². The second-order valence-electron chi connectivity index (χ2n) is 6.65. The molecule has 1 aromatic rings. The van der Waals surface area contributed by atoms with Gasteiger partial charge in [-0.2, -0.15) is 0 Å². The van der Waals surface area contributed by atoms with E-state index in [1.54, 1.807) is 28.2 Å². The van der Waals surface area contributed by atoms with Crippen LogP contribution in [0, 0.1) is 5.92 Å². The van der Waals surface area contributed by atoms with Gasteiger partial charge in [-0.1, -0.05) is 19.9 Å². The summed E-state index contributed by atoms with van der Waals surface area (Å²) in [5.41, 5.74) is 0. The second-order valence-corrected chi connectivity index (χ2v) is 6.65. The van der Waals surface area contributed by atoms with Gasteiger partial charge in [0.2, 0.25) is 11.8 Å². The van der Waals surface area contributed by atoms with Crippen molar-refractivity contribution in [3.63, 3.8) is 0 Å². The molecule has 0 unspecified atom stereocenters. The Morgan fingerprint density at radius 3 is 2.76 bits per heavy atom. The highest BCUT2D eigenvalue weighted by Gasteiger charge is 2.26. The lowest BCUT2D eigenvalue weighted by Crippen LogP contribution is -2.46. The van der Waals surface area contributed by atoms with Gasteiger partial charge in [0.25, 0.3) is 0 Å². The highest BCUT2D eigenvalue weighted by atomic mass is 16.5. The third-order valence-electron chi connectivity index (χ3n) is 4.21. The summed E-state index contributed by atoms with van der Waals surface area (Å²) in [5, 5.41) is 0. The number of furan rings is 1. The molecule has 1 saturated heterocycles. The van der Waals surface area contributed by atoms with E-state index in [9.17, 15) is 9.59 Å². The van der Waals surface area contributed by atoms with Crippen molar-refractivity contribution in [3.8, 4) is 0 Å².